The van der Waals surface area contributed by atoms with Gasteiger partial charge in [-0.15, -0.1) is 0 Å². The van der Waals surface area contributed by atoms with E-state index in [-0.39, 0.29) is 5.92 Å². The van der Waals surface area contributed by atoms with Gasteiger partial charge in [-0.3, -0.25) is 4.79 Å². The number of ketones is 1. The molecule has 1 aliphatic rings. The van der Waals surface area contributed by atoms with E-state index in [9.17, 15) is 4.79 Å². The first-order chi connectivity index (χ1) is 7.15. The number of hydrogen-bond donors (Lipinski definition) is 0. The summed E-state index contributed by atoms with van der Waals surface area (Å²) in [4.78, 5) is 11.4. The molecule has 0 spiro atoms. The lowest BCUT2D eigenvalue weighted by Crippen LogP contribution is -2.35. The highest BCUT2D eigenvalue weighted by molar-refractivity contribution is 5.89. The quantitative estimate of drug-likeness (QED) is 0.718. The molecule has 0 bridgehead atoms. The molecule has 1 heteroatoms. The van der Waals surface area contributed by atoms with Gasteiger partial charge in [0.15, 0.2) is 0 Å². The van der Waals surface area contributed by atoms with Crippen molar-refractivity contribution in [2.45, 2.75) is 39.5 Å². The summed E-state index contributed by atoms with van der Waals surface area (Å²) in [6, 6.07) is 6.43. The highest BCUT2D eigenvalue weighted by Crippen LogP contribution is 2.42. The molecule has 0 aromatic heterocycles. The van der Waals surface area contributed by atoms with E-state index in [4.69, 9.17) is 0 Å². The zero-order valence-electron chi connectivity index (χ0n) is 9.71. The monoisotopic (exact) mass is 202 g/mol. The molecule has 0 radical (unpaired) electrons. The molecule has 0 N–H and O–H groups in total. The number of Topliss-reactive ketones (excluding diaryl/α,β-unsaturated/α-hetero) is 1. The Hall–Kier alpha value is -1.11. The van der Waals surface area contributed by atoms with Crippen molar-refractivity contribution in [3.63, 3.8) is 0 Å². The van der Waals surface area contributed by atoms with Crippen molar-refractivity contribution in [2.75, 3.05) is 0 Å². The first-order valence-corrected chi connectivity index (χ1v) is 5.74. The predicted molar refractivity (Wildman–Crippen MR) is 62.1 cm³/mol. The predicted octanol–water partition coefficient (Wildman–Crippen LogP) is 3.39. The summed E-state index contributed by atoms with van der Waals surface area (Å²) in [7, 11) is 0. The second-order valence-electron chi connectivity index (χ2n) is 4.58. The summed E-state index contributed by atoms with van der Waals surface area (Å²) in [5.74, 6) is 1.22. The maximum Gasteiger partial charge on any atom is 0.137 e. The molecule has 1 nitrogen and oxygen atoms in total. The third kappa shape index (κ3) is 1.60. The molecule has 1 fully saturated rings. The number of carbonyl (C=O) groups is 1. The molecule has 1 saturated carbocycles. The molecule has 2 unspecified atom stereocenters. The molecule has 0 heterocycles. The van der Waals surface area contributed by atoms with Crippen molar-refractivity contribution in [3.05, 3.63) is 34.9 Å². The van der Waals surface area contributed by atoms with Crippen LogP contribution >= 0.6 is 0 Å². The van der Waals surface area contributed by atoms with Gasteiger partial charge in [0.25, 0.3) is 0 Å². The summed E-state index contributed by atoms with van der Waals surface area (Å²) in [6.07, 6.45) is 1.74. The summed E-state index contributed by atoms with van der Waals surface area (Å²) < 4.78 is 0. The van der Waals surface area contributed by atoms with Gasteiger partial charge in [-0.25, -0.2) is 0 Å². The van der Waals surface area contributed by atoms with Gasteiger partial charge in [0.2, 0.25) is 0 Å². The van der Waals surface area contributed by atoms with Crippen LogP contribution in [-0.2, 0) is 4.79 Å². The van der Waals surface area contributed by atoms with Gasteiger partial charge in [-0.1, -0.05) is 25.1 Å². The SMILES string of the molecule is CCC1C(=O)CC1c1cccc(C)c1C. The van der Waals surface area contributed by atoms with Gasteiger partial charge in [-0.05, 0) is 37.0 Å². The fourth-order valence-electron chi connectivity index (χ4n) is 2.59. The van der Waals surface area contributed by atoms with Crippen LogP contribution in [0.1, 0.15) is 42.4 Å². The van der Waals surface area contributed by atoms with Gasteiger partial charge in [0.05, 0.1) is 0 Å². The van der Waals surface area contributed by atoms with Crippen molar-refractivity contribution >= 4 is 5.78 Å². The van der Waals surface area contributed by atoms with Gasteiger partial charge < -0.3 is 0 Å². The Kier molecular flexibility index (Phi) is 2.64. The molecule has 1 aromatic carbocycles. The van der Waals surface area contributed by atoms with E-state index in [0.29, 0.717) is 11.7 Å². The zero-order chi connectivity index (χ0) is 11.0. The standard InChI is InChI=1S/C14H18O/c1-4-11-13(8-14(11)15)12-7-5-6-9(2)10(12)3/h5-7,11,13H,4,8H2,1-3H3. The Morgan fingerprint density at radius 1 is 1.33 bits per heavy atom. The lowest BCUT2D eigenvalue weighted by atomic mass is 9.66. The Morgan fingerprint density at radius 2 is 2.07 bits per heavy atom. The maximum atomic E-state index is 11.4. The average molecular weight is 202 g/mol. The van der Waals surface area contributed by atoms with Crippen molar-refractivity contribution < 1.29 is 4.79 Å². The summed E-state index contributed by atoms with van der Waals surface area (Å²) >= 11 is 0. The number of rotatable bonds is 2. The van der Waals surface area contributed by atoms with E-state index in [1.165, 1.54) is 16.7 Å². The molecular formula is C14H18O. The molecule has 2 atom stereocenters. The molecule has 0 aliphatic heterocycles. The fraction of sp³-hybridized carbons (Fsp3) is 0.500. The third-order valence-electron chi connectivity index (χ3n) is 3.81. The van der Waals surface area contributed by atoms with E-state index < -0.39 is 0 Å². The lowest BCUT2D eigenvalue weighted by molar-refractivity contribution is -0.131. The van der Waals surface area contributed by atoms with Crippen LogP contribution in [0.15, 0.2) is 18.2 Å². The first kappa shape index (κ1) is 10.4. The molecule has 0 amide bonds. The van der Waals surface area contributed by atoms with Gasteiger partial charge >= 0.3 is 0 Å². The highest BCUT2D eigenvalue weighted by atomic mass is 16.1. The first-order valence-electron chi connectivity index (χ1n) is 5.74. The molecule has 15 heavy (non-hydrogen) atoms. The molecule has 1 aliphatic carbocycles. The van der Waals surface area contributed by atoms with Crippen LogP contribution in [0.4, 0.5) is 0 Å². The minimum absolute atomic E-state index is 0.283. The van der Waals surface area contributed by atoms with Crippen LogP contribution in [0, 0.1) is 19.8 Å². The van der Waals surface area contributed by atoms with Gasteiger partial charge in [0, 0.05) is 18.3 Å². The number of aryl methyl sites for hydroxylation is 1. The van der Waals surface area contributed by atoms with Crippen molar-refractivity contribution in [2.24, 2.45) is 5.92 Å². The zero-order valence-corrected chi connectivity index (χ0v) is 9.71. The van der Waals surface area contributed by atoms with E-state index in [0.717, 1.165) is 12.8 Å². The Labute approximate surface area is 91.5 Å². The average Bonchev–Trinajstić information content (AvgIpc) is 2.20. The van der Waals surface area contributed by atoms with E-state index in [1.54, 1.807) is 0 Å². The topological polar surface area (TPSA) is 17.1 Å². The van der Waals surface area contributed by atoms with Crippen LogP contribution < -0.4 is 0 Å². The lowest BCUT2D eigenvalue weighted by Gasteiger charge is -2.36. The van der Waals surface area contributed by atoms with E-state index >= 15 is 0 Å². The van der Waals surface area contributed by atoms with Crippen molar-refractivity contribution in [1.29, 1.82) is 0 Å². The second-order valence-corrected chi connectivity index (χ2v) is 4.58. The van der Waals surface area contributed by atoms with Crippen molar-refractivity contribution in [3.8, 4) is 0 Å². The van der Waals surface area contributed by atoms with E-state index in [1.807, 2.05) is 0 Å². The number of carbonyl (C=O) groups excluding carboxylic acids is 1. The van der Waals surface area contributed by atoms with Crippen LogP contribution in [0.3, 0.4) is 0 Å². The minimum atomic E-state index is 0.283. The van der Waals surface area contributed by atoms with E-state index in [2.05, 4.69) is 39.0 Å². The normalized spacial score (nSPS) is 25.1. The molecular weight excluding hydrogens is 184 g/mol. The number of benzene rings is 1. The Balaban J connectivity index is 2.31. The van der Waals surface area contributed by atoms with Crippen LogP contribution in [0.25, 0.3) is 0 Å². The Morgan fingerprint density at radius 3 is 2.67 bits per heavy atom. The number of hydrogen-bond acceptors (Lipinski definition) is 1. The summed E-state index contributed by atoms with van der Waals surface area (Å²) in [5, 5.41) is 0. The van der Waals surface area contributed by atoms with Crippen LogP contribution in [0.2, 0.25) is 0 Å². The van der Waals surface area contributed by atoms with Gasteiger partial charge in [0.1, 0.15) is 5.78 Å². The van der Waals surface area contributed by atoms with Crippen LogP contribution in [-0.4, -0.2) is 5.78 Å². The third-order valence-corrected chi connectivity index (χ3v) is 3.81. The van der Waals surface area contributed by atoms with Crippen LogP contribution in [0.5, 0.6) is 0 Å². The fourth-order valence-corrected chi connectivity index (χ4v) is 2.59. The largest absolute Gasteiger partial charge is 0.299 e. The smallest absolute Gasteiger partial charge is 0.137 e. The Bertz CT molecular complexity index is 392. The van der Waals surface area contributed by atoms with Crippen molar-refractivity contribution in [1.82, 2.24) is 0 Å². The molecule has 80 valence electrons. The highest BCUT2D eigenvalue weighted by Gasteiger charge is 2.39. The molecule has 0 saturated heterocycles. The molecule has 2 rings (SSSR count). The summed E-state index contributed by atoms with van der Waals surface area (Å²) in [6.45, 7) is 6.42. The second kappa shape index (κ2) is 3.80. The maximum absolute atomic E-state index is 11.4. The summed E-state index contributed by atoms with van der Waals surface area (Å²) in [5.41, 5.74) is 4.09. The van der Waals surface area contributed by atoms with Gasteiger partial charge in [-0.2, -0.15) is 0 Å². The molecule has 1 aromatic rings. The minimum Gasteiger partial charge on any atom is -0.299 e.